The summed E-state index contributed by atoms with van der Waals surface area (Å²) in [6.45, 7) is 6.85. The molecule has 2 unspecified atom stereocenters. The molecule has 0 spiro atoms. The van der Waals surface area contributed by atoms with Crippen LogP contribution in [0.1, 0.15) is 26.2 Å². The second kappa shape index (κ2) is 7.62. The Morgan fingerprint density at radius 3 is 2.84 bits per heavy atom. The highest BCUT2D eigenvalue weighted by Crippen LogP contribution is 2.07. The number of likely N-dealkylation sites (tertiary alicyclic amines) is 1. The van der Waals surface area contributed by atoms with E-state index in [-0.39, 0.29) is 6.10 Å². The molecule has 0 saturated carbocycles. The van der Waals surface area contributed by atoms with Gasteiger partial charge in [-0.2, -0.15) is 5.10 Å². The molecule has 0 bridgehead atoms. The lowest BCUT2D eigenvalue weighted by atomic mass is 10.2. The van der Waals surface area contributed by atoms with Gasteiger partial charge >= 0.3 is 0 Å². The number of nitrogens with one attached hydrogen (secondary N) is 1. The highest BCUT2D eigenvalue weighted by molar-refractivity contribution is 4.78. The molecule has 108 valence electrons. The lowest BCUT2D eigenvalue weighted by Crippen LogP contribution is -2.40. The van der Waals surface area contributed by atoms with Crippen LogP contribution in [0, 0.1) is 0 Å². The molecule has 1 aliphatic rings. The predicted molar refractivity (Wildman–Crippen MR) is 76.0 cm³/mol. The highest BCUT2D eigenvalue weighted by atomic mass is 16.3. The molecule has 2 N–H and O–H groups in total. The first-order valence-electron chi connectivity index (χ1n) is 7.35. The minimum atomic E-state index is -0.259. The third-order valence-electron chi connectivity index (χ3n) is 3.72. The molecular weight excluding hydrogens is 240 g/mol. The Bertz CT molecular complexity index is 335. The molecule has 0 aromatic carbocycles. The minimum Gasteiger partial charge on any atom is -0.390 e. The number of aliphatic hydroxyl groups excluding tert-OH is 1. The van der Waals surface area contributed by atoms with Gasteiger partial charge in [0.1, 0.15) is 0 Å². The van der Waals surface area contributed by atoms with E-state index in [1.165, 1.54) is 12.8 Å². The number of β-amino-alcohol motifs (C(OH)–C–C–N with tert-alkyl or cyclic N) is 1. The van der Waals surface area contributed by atoms with Gasteiger partial charge in [0.15, 0.2) is 0 Å². The molecule has 1 aliphatic heterocycles. The zero-order chi connectivity index (χ0) is 13.5. The van der Waals surface area contributed by atoms with Crippen LogP contribution in [0.15, 0.2) is 18.5 Å². The zero-order valence-corrected chi connectivity index (χ0v) is 11.8. The van der Waals surface area contributed by atoms with E-state index in [2.05, 4.69) is 22.2 Å². The van der Waals surface area contributed by atoms with Crippen molar-refractivity contribution in [2.45, 2.75) is 44.9 Å². The van der Waals surface area contributed by atoms with E-state index in [1.807, 2.05) is 16.9 Å². The van der Waals surface area contributed by atoms with Gasteiger partial charge in [0.25, 0.3) is 0 Å². The monoisotopic (exact) mass is 266 g/mol. The quantitative estimate of drug-likeness (QED) is 0.727. The van der Waals surface area contributed by atoms with Crippen LogP contribution >= 0.6 is 0 Å². The molecule has 0 aliphatic carbocycles. The highest BCUT2D eigenvalue weighted by Gasteiger charge is 2.15. The molecule has 0 amide bonds. The maximum Gasteiger partial charge on any atom is 0.0791 e. The summed E-state index contributed by atoms with van der Waals surface area (Å²) in [4.78, 5) is 2.35. The van der Waals surface area contributed by atoms with Crippen LogP contribution in [0.25, 0.3) is 0 Å². The van der Waals surface area contributed by atoms with Crippen LogP contribution in [0.4, 0.5) is 0 Å². The van der Waals surface area contributed by atoms with Gasteiger partial charge in [-0.1, -0.05) is 0 Å². The number of rotatable bonds is 8. The molecule has 1 saturated heterocycles. The molecule has 5 heteroatoms. The summed E-state index contributed by atoms with van der Waals surface area (Å²) < 4.78 is 1.94. The molecule has 19 heavy (non-hydrogen) atoms. The molecule has 1 aromatic heterocycles. The Labute approximate surface area is 115 Å². The molecule has 1 aromatic rings. The van der Waals surface area contributed by atoms with Crippen LogP contribution in [0.5, 0.6) is 0 Å². The maximum atomic E-state index is 9.99. The van der Waals surface area contributed by atoms with Gasteiger partial charge in [-0.3, -0.25) is 4.68 Å². The molecule has 1 fully saturated rings. The first-order chi connectivity index (χ1) is 9.24. The summed E-state index contributed by atoms with van der Waals surface area (Å²) in [7, 11) is 0. The molecule has 5 nitrogen and oxygen atoms in total. The van der Waals surface area contributed by atoms with Crippen LogP contribution < -0.4 is 5.32 Å². The fourth-order valence-corrected chi connectivity index (χ4v) is 2.53. The number of aliphatic hydroxyl groups is 1. The van der Waals surface area contributed by atoms with Crippen molar-refractivity contribution in [1.29, 1.82) is 0 Å². The first-order valence-corrected chi connectivity index (χ1v) is 7.35. The van der Waals surface area contributed by atoms with Crippen LogP contribution in [-0.2, 0) is 6.54 Å². The number of hydrogen-bond acceptors (Lipinski definition) is 4. The Kier molecular flexibility index (Phi) is 5.82. The van der Waals surface area contributed by atoms with E-state index in [4.69, 9.17) is 0 Å². The Morgan fingerprint density at radius 1 is 1.37 bits per heavy atom. The van der Waals surface area contributed by atoms with Gasteiger partial charge < -0.3 is 15.3 Å². The van der Waals surface area contributed by atoms with Crippen LogP contribution in [0.3, 0.4) is 0 Å². The summed E-state index contributed by atoms with van der Waals surface area (Å²) >= 11 is 0. The Hall–Kier alpha value is -0.910. The molecule has 2 heterocycles. The second-order valence-electron chi connectivity index (χ2n) is 5.53. The first kappa shape index (κ1) is 14.5. The zero-order valence-electron chi connectivity index (χ0n) is 11.8. The fourth-order valence-electron chi connectivity index (χ4n) is 2.53. The molecule has 0 radical (unpaired) electrons. The van der Waals surface area contributed by atoms with Crippen LogP contribution in [0.2, 0.25) is 0 Å². The lowest BCUT2D eigenvalue weighted by Gasteiger charge is -2.21. The number of aryl methyl sites for hydroxylation is 1. The van der Waals surface area contributed by atoms with E-state index in [0.717, 1.165) is 32.6 Å². The van der Waals surface area contributed by atoms with Crippen LogP contribution in [-0.4, -0.2) is 58.1 Å². The van der Waals surface area contributed by atoms with Gasteiger partial charge in [0, 0.05) is 38.1 Å². The van der Waals surface area contributed by atoms with Crippen molar-refractivity contribution < 1.29 is 5.11 Å². The molecule has 2 atom stereocenters. The van der Waals surface area contributed by atoms with Gasteiger partial charge in [-0.25, -0.2) is 0 Å². The summed E-state index contributed by atoms with van der Waals surface area (Å²) in [6, 6.07) is 2.34. The SMILES string of the molecule is CC(CCn1cccn1)NCC(O)CN1CCCC1. The third kappa shape index (κ3) is 5.30. The summed E-state index contributed by atoms with van der Waals surface area (Å²) in [5.74, 6) is 0. The van der Waals surface area contributed by atoms with E-state index >= 15 is 0 Å². The predicted octanol–water partition coefficient (Wildman–Crippen LogP) is 0.708. The topological polar surface area (TPSA) is 53.3 Å². The molecule has 2 rings (SSSR count). The lowest BCUT2D eigenvalue weighted by molar-refractivity contribution is 0.120. The summed E-state index contributed by atoms with van der Waals surface area (Å²) in [5, 5.41) is 17.6. The van der Waals surface area contributed by atoms with Gasteiger partial charge in [-0.05, 0) is 45.3 Å². The smallest absolute Gasteiger partial charge is 0.0791 e. The van der Waals surface area contributed by atoms with Crippen molar-refractivity contribution in [3.8, 4) is 0 Å². The Balaban J connectivity index is 1.55. The van der Waals surface area contributed by atoms with Crippen molar-refractivity contribution >= 4 is 0 Å². The van der Waals surface area contributed by atoms with Crippen molar-refractivity contribution in [3.05, 3.63) is 18.5 Å². The van der Waals surface area contributed by atoms with E-state index in [1.54, 1.807) is 6.20 Å². The number of nitrogens with zero attached hydrogens (tertiary/aromatic N) is 3. The molecular formula is C14H26N4O. The van der Waals surface area contributed by atoms with E-state index in [9.17, 15) is 5.11 Å². The fraction of sp³-hybridized carbons (Fsp3) is 0.786. The maximum absolute atomic E-state index is 9.99. The number of hydrogen-bond donors (Lipinski definition) is 2. The van der Waals surface area contributed by atoms with E-state index < -0.39 is 0 Å². The summed E-state index contributed by atoms with van der Waals surface area (Å²) in [6.07, 6.45) is 7.11. The third-order valence-corrected chi connectivity index (χ3v) is 3.72. The summed E-state index contributed by atoms with van der Waals surface area (Å²) in [5.41, 5.74) is 0. The van der Waals surface area contributed by atoms with Gasteiger partial charge in [0.05, 0.1) is 6.10 Å². The van der Waals surface area contributed by atoms with Gasteiger partial charge in [-0.15, -0.1) is 0 Å². The van der Waals surface area contributed by atoms with Gasteiger partial charge in [0.2, 0.25) is 0 Å². The van der Waals surface area contributed by atoms with E-state index in [0.29, 0.717) is 12.6 Å². The minimum absolute atomic E-state index is 0.259. The van der Waals surface area contributed by atoms with Crippen molar-refractivity contribution in [3.63, 3.8) is 0 Å². The van der Waals surface area contributed by atoms with Crippen molar-refractivity contribution in [1.82, 2.24) is 20.0 Å². The second-order valence-corrected chi connectivity index (χ2v) is 5.53. The van der Waals surface area contributed by atoms with Crippen molar-refractivity contribution in [2.75, 3.05) is 26.2 Å². The number of aromatic nitrogens is 2. The van der Waals surface area contributed by atoms with Crippen molar-refractivity contribution in [2.24, 2.45) is 0 Å². The Morgan fingerprint density at radius 2 is 2.16 bits per heavy atom. The standard InChI is InChI=1S/C14H26N4O/c1-13(5-10-18-9-4-6-16-18)15-11-14(19)12-17-7-2-3-8-17/h4,6,9,13-15,19H,2-3,5,7-8,10-12H2,1H3. The average molecular weight is 266 g/mol. The normalized spacial score (nSPS) is 19.7. The largest absolute Gasteiger partial charge is 0.390 e. The average Bonchev–Trinajstić information content (AvgIpc) is 3.06.